The van der Waals surface area contributed by atoms with Gasteiger partial charge in [-0.3, -0.25) is 14.7 Å². The first-order chi connectivity index (χ1) is 16.5. The standard InChI is InChI=1S/C25H18ClN3O5S/c1-14-9-23-20(10-15(14)12-27)19(8-3-16-11-21(25(31)32)22(26)13-28-16)24(30)29(23)17-4-6-18(7-5-17)35(2,33)34/h3-11,13,19H,1-2H3,(H,31,32)/b8-3-. The number of carbonyl (C=O) groups excluding carboxylic acids is 1. The molecule has 10 heteroatoms. The molecule has 0 spiro atoms. The van der Waals surface area contributed by atoms with E-state index >= 15 is 0 Å². The van der Waals surface area contributed by atoms with E-state index < -0.39 is 21.7 Å². The number of carbonyl (C=O) groups is 2. The molecule has 0 aliphatic carbocycles. The summed E-state index contributed by atoms with van der Waals surface area (Å²) in [5, 5.41) is 18.8. The normalized spacial score (nSPS) is 15.3. The van der Waals surface area contributed by atoms with E-state index in [1.165, 1.54) is 35.4 Å². The highest BCUT2D eigenvalue weighted by molar-refractivity contribution is 7.90. The van der Waals surface area contributed by atoms with E-state index in [9.17, 15) is 28.4 Å². The van der Waals surface area contributed by atoms with Crippen LogP contribution in [0.1, 0.15) is 38.7 Å². The second-order valence-electron chi connectivity index (χ2n) is 8.01. The highest BCUT2D eigenvalue weighted by Gasteiger charge is 2.37. The molecule has 2 aromatic carbocycles. The second-order valence-corrected chi connectivity index (χ2v) is 10.4. The fourth-order valence-corrected chi connectivity index (χ4v) is 4.68. The van der Waals surface area contributed by atoms with E-state index in [1.54, 1.807) is 37.3 Å². The lowest BCUT2D eigenvalue weighted by Gasteiger charge is -2.19. The molecule has 3 aromatic rings. The van der Waals surface area contributed by atoms with Crippen LogP contribution in [0.2, 0.25) is 5.02 Å². The number of hydrogen-bond acceptors (Lipinski definition) is 6. The van der Waals surface area contributed by atoms with Crippen molar-refractivity contribution in [3.8, 4) is 6.07 Å². The number of carboxylic acids is 1. The molecular formula is C25H18ClN3O5S. The van der Waals surface area contributed by atoms with Crippen molar-refractivity contribution in [2.24, 2.45) is 0 Å². The first-order valence-corrected chi connectivity index (χ1v) is 12.5. The SMILES string of the molecule is Cc1cc2c(cc1C#N)C(/C=C\c1cc(C(=O)O)c(Cl)cn1)C(=O)N2c1ccc(S(C)(=O)=O)cc1. The van der Waals surface area contributed by atoms with Crippen LogP contribution < -0.4 is 4.90 Å². The monoisotopic (exact) mass is 507 g/mol. The zero-order valence-electron chi connectivity index (χ0n) is 18.6. The quantitative estimate of drug-likeness (QED) is 0.538. The van der Waals surface area contributed by atoms with Crippen LogP contribution in [0.3, 0.4) is 0 Å². The third-order valence-electron chi connectivity index (χ3n) is 5.65. The van der Waals surface area contributed by atoms with Gasteiger partial charge in [0.15, 0.2) is 9.84 Å². The highest BCUT2D eigenvalue weighted by Crippen LogP contribution is 2.44. The lowest BCUT2D eigenvalue weighted by molar-refractivity contribution is -0.117. The lowest BCUT2D eigenvalue weighted by atomic mass is 9.96. The number of halogens is 1. The zero-order chi connectivity index (χ0) is 25.5. The minimum Gasteiger partial charge on any atom is -0.478 e. The van der Waals surface area contributed by atoms with E-state index in [-0.39, 0.29) is 21.4 Å². The van der Waals surface area contributed by atoms with E-state index in [2.05, 4.69) is 11.1 Å². The molecule has 35 heavy (non-hydrogen) atoms. The first-order valence-electron chi connectivity index (χ1n) is 10.3. The number of amides is 1. The van der Waals surface area contributed by atoms with Crippen LogP contribution >= 0.6 is 11.6 Å². The van der Waals surface area contributed by atoms with Gasteiger partial charge in [0.05, 0.1) is 44.4 Å². The van der Waals surface area contributed by atoms with Crippen LogP contribution in [0, 0.1) is 18.3 Å². The minimum atomic E-state index is -3.40. The Morgan fingerprint density at radius 3 is 2.51 bits per heavy atom. The number of hydrogen-bond donors (Lipinski definition) is 1. The van der Waals surface area contributed by atoms with E-state index in [1.807, 2.05) is 0 Å². The van der Waals surface area contributed by atoms with Gasteiger partial charge in [0.1, 0.15) is 0 Å². The molecular weight excluding hydrogens is 490 g/mol. The molecule has 0 saturated heterocycles. The summed E-state index contributed by atoms with van der Waals surface area (Å²) in [4.78, 5) is 30.6. The summed E-state index contributed by atoms with van der Waals surface area (Å²) in [6.07, 6.45) is 5.44. The average molecular weight is 508 g/mol. The fraction of sp³-hybridized carbons (Fsp3) is 0.120. The molecule has 1 aromatic heterocycles. The Morgan fingerprint density at radius 2 is 1.91 bits per heavy atom. The van der Waals surface area contributed by atoms with Gasteiger partial charge in [0.25, 0.3) is 0 Å². The Morgan fingerprint density at radius 1 is 1.23 bits per heavy atom. The average Bonchev–Trinajstić information content (AvgIpc) is 3.07. The van der Waals surface area contributed by atoms with Gasteiger partial charge in [-0.25, -0.2) is 13.2 Å². The Hall–Kier alpha value is -4.00. The molecule has 4 rings (SSSR count). The summed E-state index contributed by atoms with van der Waals surface area (Å²) < 4.78 is 23.7. The Bertz CT molecular complexity index is 1560. The van der Waals surface area contributed by atoms with Crippen molar-refractivity contribution in [3.63, 3.8) is 0 Å². The number of anilines is 2. The highest BCUT2D eigenvalue weighted by atomic mass is 35.5. The number of aromatic carboxylic acids is 1. The topological polar surface area (TPSA) is 128 Å². The van der Waals surface area contributed by atoms with Crippen molar-refractivity contribution in [2.75, 3.05) is 11.2 Å². The van der Waals surface area contributed by atoms with Crippen molar-refractivity contribution in [3.05, 3.63) is 87.7 Å². The number of nitrogens with zero attached hydrogens (tertiary/aromatic N) is 3. The predicted octanol–water partition coefficient (Wildman–Crippen LogP) is 4.49. The van der Waals surface area contributed by atoms with Crippen LogP contribution in [-0.2, 0) is 14.6 Å². The van der Waals surface area contributed by atoms with E-state index in [4.69, 9.17) is 11.6 Å². The van der Waals surface area contributed by atoms with Gasteiger partial charge in [-0.05, 0) is 66.6 Å². The van der Waals surface area contributed by atoms with Crippen molar-refractivity contribution in [1.29, 1.82) is 5.26 Å². The number of nitriles is 1. The summed E-state index contributed by atoms with van der Waals surface area (Å²) in [7, 11) is -3.40. The van der Waals surface area contributed by atoms with Gasteiger partial charge < -0.3 is 5.11 Å². The number of carboxylic acid groups (broad SMARTS) is 1. The minimum absolute atomic E-state index is 0.00482. The van der Waals surface area contributed by atoms with Crippen LogP contribution in [-0.4, -0.2) is 36.6 Å². The summed E-state index contributed by atoms with van der Waals surface area (Å²) >= 11 is 5.89. The van der Waals surface area contributed by atoms with Gasteiger partial charge in [-0.2, -0.15) is 5.26 Å². The maximum atomic E-state index is 13.5. The first kappa shape index (κ1) is 24.1. The van der Waals surface area contributed by atoms with Crippen molar-refractivity contribution < 1.29 is 23.1 Å². The number of benzene rings is 2. The molecule has 1 atom stereocenters. The van der Waals surface area contributed by atoms with Gasteiger partial charge in [-0.15, -0.1) is 0 Å². The predicted molar refractivity (Wildman–Crippen MR) is 131 cm³/mol. The molecule has 8 nitrogen and oxygen atoms in total. The Balaban J connectivity index is 1.79. The van der Waals surface area contributed by atoms with Gasteiger partial charge in [0, 0.05) is 18.1 Å². The number of pyridine rings is 1. The molecule has 1 aliphatic heterocycles. The second kappa shape index (κ2) is 8.98. The number of sulfone groups is 1. The van der Waals surface area contributed by atoms with Crippen LogP contribution in [0.15, 0.2) is 59.6 Å². The third kappa shape index (κ3) is 4.54. The number of fused-ring (bicyclic) bond motifs is 1. The molecule has 0 saturated carbocycles. The van der Waals surface area contributed by atoms with E-state index in [0.29, 0.717) is 33.8 Å². The molecule has 1 aliphatic rings. The van der Waals surface area contributed by atoms with Crippen LogP contribution in [0.25, 0.3) is 6.08 Å². The maximum absolute atomic E-state index is 13.5. The molecule has 1 N–H and O–H groups in total. The third-order valence-corrected chi connectivity index (χ3v) is 7.08. The Kier molecular flexibility index (Phi) is 6.19. The van der Waals surface area contributed by atoms with Crippen molar-refractivity contribution in [1.82, 2.24) is 4.98 Å². The maximum Gasteiger partial charge on any atom is 0.337 e. The van der Waals surface area contributed by atoms with Gasteiger partial charge in [0.2, 0.25) is 5.91 Å². The summed E-state index contributed by atoms with van der Waals surface area (Å²) in [6, 6.07) is 12.8. The molecule has 1 unspecified atom stereocenters. The van der Waals surface area contributed by atoms with E-state index in [0.717, 1.165) is 6.26 Å². The van der Waals surface area contributed by atoms with Crippen LogP contribution in [0.4, 0.5) is 11.4 Å². The smallest absolute Gasteiger partial charge is 0.337 e. The number of aromatic nitrogens is 1. The Labute approximate surface area is 206 Å². The zero-order valence-corrected chi connectivity index (χ0v) is 20.1. The molecule has 176 valence electrons. The molecule has 1 amide bonds. The molecule has 0 radical (unpaired) electrons. The van der Waals surface area contributed by atoms with Gasteiger partial charge >= 0.3 is 5.97 Å². The number of aryl methyl sites for hydroxylation is 1. The molecule has 2 heterocycles. The summed E-state index contributed by atoms with van der Waals surface area (Å²) in [6.45, 7) is 1.77. The fourth-order valence-electron chi connectivity index (χ4n) is 3.86. The van der Waals surface area contributed by atoms with Crippen molar-refractivity contribution in [2.45, 2.75) is 17.7 Å². The summed E-state index contributed by atoms with van der Waals surface area (Å²) in [5.41, 5.74) is 2.92. The van der Waals surface area contributed by atoms with Crippen LogP contribution in [0.5, 0.6) is 0 Å². The number of rotatable bonds is 5. The van der Waals surface area contributed by atoms with Crippen molar-refractivity contribution >= 4 is 50.8 Å². The largest absolute Gasteiger partial charge is 0.478 e. The van der Waals surface area contributed by atoms with Gasteiger partial charge in [-0.1, -0.05) is 17.7 Å². The lowest BCUT2D eigenvalue weighted by Crippen LogP contribution is -2.23. The molecule has 0 fully saturated rings. The molecule has 0 bridgehead atoms. The summed E-state index contributed by atoms with van der Waals surface area (Å²) in [5.74, 6) is -2.30.